The Labute approximate surface area is 248 Å². The first kappa shape index (κ1) is 31.8. The molecule has 11 nitrogen and oxygen atoms in total. The van der Waals surface area contributed by atoms with E-state index in [0.717, 1.165) is 24.3 Å². The van der Waals surface area contributed by atoms with E-state index < -0.39 is 6.04 Å². The quantitative estimate of drug-likeness (QED) is 0.153. The van der Waals surface area contributed by atoms with Crippen LogP contribution < -0.4 is 16.0 Å². The van der Waals surface area contributed by atoms with Gasteiger partial charge in [0.25, 0.3) is 0 Å². The summed E-state index contributed by atoms with van der Waals surface area (Å²) in [6.45, 7) is 5.69. The van der Waals surface area contributed by atoms with E-state index in [9.17, 15) is 9.59 Å². The van der Waals surface area contributed by atoms with Crippen molar-refractivity contribution in [3.05, 3.63) is 66.6 Å². The average Bonchev–Trinajstić information content (AvgIpc) is 3.53. The maximum absolute atomic E-state index is 12.5. The monoisotopic (exact) mass is 571 g/mol. The van der Waals surface area contributed by atoms with Crippen molar-refractivity contribution >= 4 is 29.3 Å². The summed E-state index contributed by atoms with van der Waals surface area (Å²) in [5.74, 6) is 7.05. The zero-order valence-electron chi connectivity index (χ0n) is 25.1. The molecule has 0 saturated carbocycles. The van der Waals surface area contributed by atoms with Crippen LogP contribution in [0.25, 0.3) is 5.69 Å². The molecule has 1 aromatic carbocycles. The molecule has 0 fully saturated rings. The number of unbranched alkanes of at least 4 members (excludes halogenated alkanes) is 1. The van der Waals surface area contributed by atoms with E-state index in [4.69, 9.17) is 0 Å². The zero-order chi connectivity index (χ0) is 30.3. The molecule has 0 aliphatic rings. The first-order valence-electron chi connectivity index (χ1n) is 14.1. The van der Waals surface area contributed by atoms with Crippen molar-refractivity contribution in [2.45, 2.75) is 39.2 Å². The summed E-state index contributed by atoms with van der Waals surface area (Å²) in [7, 11) is 5.48. The van der Waals surface area contributed by atoms with Gasteiger partial charge in [-0.05, 0) is 64.2 Å². The van der Waals surface area contributed by atoms with Gasteiger partial charge in [-0.25, -0.2) is 9.67 Å². The number of rotatable bonds is 14. The van der Waals surface area contributed by atoms with Crippen LogP contribution in [0.2, 0.25) is 0 Å². The van der Waals surface area contributed by atoms with E-state index in [1.807, 2.05) is 55.5 Å². The fourth-order valence-corrected chi connectivity index (χ4v) is 3.70. The van der Waals surface area contributed by atoms with Gasteiger partial charge in [0.05, 0.1) is 17.4 Å². The maximum Gasteiger partial charge on any atom is 0.246 e. The number of nitrogens with zero attached hydrogens (tertiary/aromatic N) is 6. The van der Waals surface area contributed by atoms with Crippen molar-refractivity contribution in [3.63, 3.8) is 0 Å². The third-order valence-corrected chi connectivity index (χ3v) is 6.26. The van der Waals surface area contributed by atoms with Gasteiger partial charge in [-0.1, -0.05) is 24.8 Å². The van der Waals surface area contributed by atoms with Crippen LogP contribution in [0.5, 0.6) is 0 Å². The lowest BCUT2D eigenvalue weighted by molar-refractivity contribution is -0.135. The Kier molecular flexibility index (Phi) is 12.5. The van der Waals surface area contributed by atoms with Crippen LogP contribution >= 0.6 is 0 Å². The number of amides is 2. The number of carbonyl (C=O) groups is 2. The Morgan fingerprint density at radius 2 is 1.93 bits per heavy atom. The summed E-state index contributed by atoms with van der Waals surface area (Å²) in [4.78, 5) is 37.3. The van der Waals surface area contributed by atoms with Gasteiger partial charge in [0.1, 0.15) is 11.9 Å². The molecule has 3 N–H and O–H groups in total. The highest BCUT2D eigenvalue weighted by Gasteiger charge is 2.20. The van der Waals surface area contributed by atoms with Crippen LogP contribution in [0.15, 0.2) is 61.1 Å². The van der Waals surface area contributed by atoms with Gasteiger partial charge < -0.3 is 25.8 Å². The normalized spacial score (nSPS) is 11.6. The third-order valence-electron chi connectivity index (χ3n) is 6.26. The minimum absolute atomic E-state index is 0.196. The molecule has 2 amide bonds. The molecular formula is C31H41N9O2. The van der Waals surface area contributed by atoms with Crippen molar-refractivity contribution in [2.75, 3.05) is 51.4 Å². The summed E-state index contributed by atoms with van der Waals surface area (Å²) < 4.78 is 1.79. The summed E-state index contributed by atoms with van der Waals surface area (Å²) in [5.41, 5.74) is 2.53. The molecule has 2 aromatic heterocycles. The summed E-state index contributed by atoms with van der Waals surface area (Å²) in [6, 6.07) is 9.15. The predicted molar refractivity (Wildman–Crippen MR) is 167 cm³/mol. The van der Waals surface area contributed by atoms with Crippen LogP contribution in [0, 0.1) is 11.8 Å². The van der Waals surface area contributed by atoms with E-state index in [1.54, 1.807) is 37.1 Å². The van der Waals surface area contributed by atoms with Crippen molar-refractivity contribution in [1.82, 2.24) is 34.9 Å². The van der Waals surface area contributed by atoms with E-state index in [0.29, 0.717) is 43.3 Å². The number of likely N-dealkylation sites (N-methyl/N-ethyl adjacent to an activating group) is 2. The van der Waals surface area contributed by atoms with Gasteiger partial charge in [-0.15, -0.1) is 0 Å². The highest BCUT2D eigenvalue weighted by molar-refractivity contribution is 5.92. The van der Waals surface area contributed by atoms with E-state index in [-0.39, 0.29) is 11.8 Å². The Hall–Kier alpha value is -4.69. The second kappa shape index (κ2) is 16.5. The SMILES string of the molecule is CCCNc1nc(Nc2ccc(-n3cccn3)cc2)ncc1C#CCCCNC(=O)[C@H](C)N(C)C(=O)C=CCN(C)C. The van der Waals surface area contributed by atoms with Gasteiger partial charge in [-0.3, -0.25) is 9.59 Å². The van der Waals surface area contributed by atoms with Crippen molar-refractivity contribution in [1.29, 1.82) is 0 Å². The van der Waals surface area contributed by atoms with Crippen LogP contribution in [-0.2, 0) is 9.59 Å². The predicted octanol–water partition coefficient (Wildman–Crippen LogP) is 3.44. The van der Waals surface area contributed by atoms with Crippen LogP contribution in [-0.4, -0.2) is 88.2 Å². The Bertz CT molecular complexity index is 1370. The molecule has 42 heavy (non-hydrogen) atoms. The van der Waals surface area contributed by atoms with Gasteiger partial charge in [0, 0.05) is 57.3 Å². The second-order valence-corrected chi connectivity index (χ2v) is 9.99. The van der Waals surface area contributed by atoms with Gasteiger partial charge >= 0.3 is 0 Å². The average molecular weight is 572 g/mol. The number of nitrogens with one attached hydrogen (secondary N) is 3. The fourth-order valence-electron chi connectivity index (χ4n) is 3.70. The third kappa shape index (κ3) is 10.1. The molecule has 0 aliphatic carbocycles. The van der Waals surface area contributed by atoms with E-state index in [1.165, 1.54) is 11.0 Å². The molecule has 0 bridgehead atoms. The fraction of sp³-hybridized carbons (Fsp3) is 0.387. The second-order valence-electron chi connectivity index (χ2n) is 9.99. The number of anilines is 3. The topological polar surface area (TPSA) is 120 Å². The molecule has 3 aromatic rings. The lowest BCUT2D eigenvalue weighted by Crippen LogP contribution is -2.45. The summed E-state index contributed by atoms with van der Waals surface area (Å²) in [6.07, 6.45) is 10.8. The molecular weight excluding hydrogens is 530 g/mol. The van der Waals surface area contributed by atoms with Crippen LogP contribution in [0.3, 0.4) is 0 Å². The van der Waals surface area contributed by atoms with Gasteiger partial charge in [0.2, 0.25) is 17.8 Å². The lowest BCUT2D eigenvalue weighted by Gasteiger charge is -2.23. The largest absolute Gasteiger partial charge is 0.369 e. The molecule has 3 rings (SSSR count). The first-order chi connectivity index (χ1) is 20.3. The minimum Gasteiger partial charge on any atom is -0.369 e. The highest BCUT2D eigenvalue weighted by atomic mass is 16.2. The van der Waals surface area contributed by atoms with Gasteiger partial charge in [-0.2, -0.15) is 10.1 Å². The molecule has 11 heteroatoms. The van der Waals surface area contributed by atoms with Crippen molar-refractivity contribution < 1.29 is 9.59 Å². The molecule has 2 heterocycles. The van der Waals surface area contributed by atoms with Crippen LogP contribution in [0.1, 0.15) is 38.7 Å². The zero-order valence-corrected chi connectivity index (χ0v) is 25.1. The molecule has 0 spiro atoms. The smallest absolute Gasteiger partial charge is 0.246 e. The van der Waals surface area contributed by atoms with E-state index >= 15 is 0 Å². The number of carbonyl (C=O) groups excluding carboxylic acids is 2. The molecule has 0 radical (unpaired) electrons. The summed E-state index contributed by atoms with van der Waals surface area (Å²) in [5, 5.41) is 13.7. The van der Waals surface area contributed by atoms with Crippen LogP contribution in [0.4, 0.5) is 17.5 Å². The minimum atomic E-state index is -0.571. The lowest BCUT2D eigenvalue weighted by atomic mass is 10.2. The molecule has 222 valence electrons. The highest BCUT2D eigenvalue weighted by Crippen LogP contribution is 2.19. The molecule has 1 atom stereocenters. The number of hydrogen-bond donors (Lipinski definition) is 3. The summed E-state index contributed by atoms with van der Waals surface area (Å²) >= 11 is 0. The van der Waals surface area contributed by atoms with Crippen molar-refractivity contribution in [3.8, 4) is 17.5 Å². The Morgan fingerprint density at radius 1 is 1.14 bits per heavy atom. The number of hydrogen-bond acceptors (Lipinski definition) is 8. The van der Waals surface area contributed by atoms with E-state index in [2.05, 4.69) is 49.8 Å². The standard InChI is InChI=1S/C31H41N9O2/c1-6-18-32-29-25(23-34-31(37-29)36-26-14-16-27(17-15-26)40-22-11-20-35-40)12-8-7-9-19-33-30(42)24(2)39(5)28(41)13-10-21-38(3)4/h10-11,13-17,20,22-24H,6-7,9,18-19,21H2,1-5H3,(H,33,42)(H2,32,34,36,37)/t24-/m0/s1. The van der Waals surface area contributed by atoms with Gasteiger partial charge in [0.15, 0.2) is 0 Å². The number of benzene rings is 1. The van der Waals surface area contributed by atoms with Crippen molar-refractivity contribution in [2.24, 2.45) is 0 Å². The molecule has 0 saturated heterocycles. The maximum atomic E-state index is 12.5. The Balaban J connectivity index is 1.50. The molecule has 0 unspecified atom stereocenters. The number of aromatic nitrogens is 4. The Morgan fingerprint density at radius 3 is 2.62 bits per heavy atom. The molecule has 0 aliphatic heterocycles. The first-order valence-corrected chi connectivity index (χ1v) is 14.1.